The highest BCUT2D eigenvalue weighted by Crippen LogP contribution is 2.21. The van der Waals surface area contributed by atoms with E-state index >= 15 is 0 Å². The zero-order valence-corrected chi connectivity index (χ0v) is 15.1. The van der Waals surface area contributed by atoms with E-state index in [1.54, 1.807) is 11.3 Å². The van der Waals surface area contributed by atoms with Crippen LogP contribution in [0.4, 0.5) is 5.95 Å². The molecule has 0 spiro atoms. The summed E-state index contributed by atoms with van der Waals surface area (Å²) in [5.74, 6) is 1.09. The number of hydrogen-bond acceptors (Lipinski definition) is 5. The maximum absolute atomic E-state index is 12.3. The molecule has 0 aliphatic carbocycles. The summed E-state index contributed by atoms with van der Waals surface area (Å²) in [5, 5.41) is 5.15. The summed E-state index contributed by atoms with van der Waals surface area (Å²) in [7, 11) is 0. The van der Waals surface area contributed by atoms with Crippen LogP contribution in [0.1, 0.15) is 29.1 Å². The number of nitrogens with one attached hydrogen (secondary N) is 1. The molecule has 3 rings (SSSR count). The summed E-state index contributed by atoms with van der Waals surface area (Å²) >= 11 is 1.74. The van der Waals surface area contributed by atoms with E-state index in [1.165, 1.54) is 4.88 Å². The van der Waals surface area contributed by atoms with Gasteiger partial charge in [-0.15, -0.1) is 11.3 Å². The molecular formula is C18H24N4OS. The lowest BCUT2D eigenvalue weighted by Crippen LogP contribution is -2.41. The zero-order chi connectivity index (χ0) is 16.9. The average molecular weight is 344 g/mol. The van der Waals surface area contributed by atoms with Crippen molar-refractivity contribution in [3.05, 3.63) is 39.8 Å². The van der Waals surface area contributed by atoms with Crippen molar-refractivity contribution in [1.29, 1.82) is 0 Å². The van der Waals surface area contributed by atoms with Gasteiger partial charge in [-0.05, 0) is 50.6 Å². The zero-order valence-electron chi connectivity index (χ0n) is 14.3. The SMILES string of the molecule is Cc1cc(C)nc(N2CCC(C(=O)NCCc3cccs3)CC2)n1. The number of rotatable bonds is 5. The standard InChI is InChI=1S/C18H24N4OS/c1-13-12-14(2)21-18(20-13)22-9-6-15(7-10-22)17(23)19-8-5-16-4-3-11-24-16/h3-4,11-12,15H,5-10H2,1-2H3,(H,19,23). The molecule has 0 unspecified atom stereocenters. The highest BCUT2D eigenvalue weighted by molar-refractivity contribution is 7.09. The Hall–Kier alpha value is -1.95. The molecule has 2 aromatic heterocycles. The van der Waals surface area contributed by atoms with Crippen molar-refractivity contribution in [2.45, 2.75) is 33.1 Å². The maximum Gasteiger partial charge on any atom is 0.225 e. The predicted octanol–water partition coefficient (Wildman–Crippen LogP) is 2.73. The molecule has 0 radical (unpaired) electrons. The molecule has 1 aliphatic heterocycles. The summed E-state index contributed by atoms with van der Waals surface area (Å²) in [6.45, 7) is 6.38. The topological polar surface area (TPSA) is 58.1 Å². The van der Waals surface area contributed by atoms with E-state index in [9.17, 15) is 4.79 Å². The van der Waals surface area contributed by atoms with E-state index < -0.39 is 0 Å². The van der Waals surface area contributed by atoms with Gasteiger partial charge >= 0.3 is 0 Å². The molecule has 1 fully saturated rings. The highest BCUT2D eigenvalue weighted by Gasteiger charge is 2.26. The lowest BCUT2D eigenvalue weighted by Gasteiger charge is -2.31. The third kappa shape index (κ3) is 4.32. The van der Waals surface area contributed by atoms with Crippen LogP contribution >= 0.6 is 11.3 Å². The number of hydrogen-bond donors (Lipinski definition) is 1. The van der Waals surface area contributed by atoms with Crippen molar-refractivity contribution in [1.82, 2.24) is 15.3 Å². The van der Waals surface area contributed by atoms with Gasteiger partial charge in [-0.25, -0.2) is 9.97 Å². The third-order valence-corrected chi connectivity index (χ3v) is 5.31. The molecule has 0 bridgehead atoms. The minimum atomic E-state index is 0.107. The molecule has 6 heteroatoms. The Labute approximate surface area is 147 Å². The van der Waals surface area contributed by atoms with E-state index in [1.807, 2.05) is 26.0 Å². The van der Waals surface area contributed by atoms with Gasteiger partial charge in [-0.2, -0.15) is 0 Å². The second kappa shape index (κ2) is 7.75. The number of nitrogens with zero attached hydrogens (tertiary/aromatic N) is 3. The van der Waals surface area contributed by atoms with Crippen LogP contribution in [-0.2, 0) is 11.2 Å². The number of anilines is 1. The summed E-state index contributed by atoms with van der Waals surface area (Å²) in [5.41, 5.74) is 1.98. The number of amides is 1. The second-order valence-electron chi connectivity index (χ2n) is 6.33. The van der Waals surface area contributed by atoms with Crippen molar-refractivity contribution in [3.8, 4) is 0 Å². The van der Waals surface area contributed by atoms with Gasteiger partial charge in [0.05, 0.1) is 0 Å². The van der Waals surface area contributed by atoms with Crippen molar-refractivity contribution < 1.29 is 4.79 Å². The fourth-order valence-corrected chi connectivity index (χ4v) is 3.81. The monoisotopic (exact) mass is 344 g/mol. The first kappa shape index (κ1) is 16.9. The Morgan fingerprint density at radius 2 is 2.00 bits per heavy atom. The fourth-order valence-electron chi connectivity index (χ4n) is 3.10. The Balaban J connectivity index is 1.46. The van der Waals surface area contributed by atoms with Gasteiger partial charge in [0.2, 0.25) is 11.9 Å². The van der Waals surface area contributed by atoms with Crippen LogP contribution in [0.15, 0.2) is 23.6 Å². The molecule has 1 saturated heterocycles. The summed E-state index contributed by atoms with van der Waals surface area (Å²) < 4.78 is 0. The van der Waals surface area contributed by atoms with Gasteiger partial charge in [-0.3, -0.25) is 4.79 Å². The van der Waals surface area contributed by atoms with Gasteiger partial charge in [0.25, 0.3) is 0 Å². The third-order valence-electron chi connectivity index (χ3n) is 4.37. The van der Waals surface area contributed by atoms with Crippen LogP contribution in [0.5, 0.6) is 0 Å². The largest absolute Gasteiger partial charge is 0.355 e. The van der Waals surface area contributed by atoms with Crippen LogP contribution in [-0.4, -0.2) is 35.5 Å². The Bertz CT molecular complexity index is 658. The van der Waals surface area contributed by atoms with Crippen LogP contribution in [0, 0.1) is 19.8 Å². The second-order valence-corrected chi connectivity index (χ2v) is 7.36. The van der Waals surface area contributed by atoms with Crippen molar-refractivity contribution in [3.63, 3.8) is 0 Å². The van der Waals surface area contributed by atoms with E-state index in [-0.39, 0.29) is 11.8 Å². The van der Waals surface area contributed by atoms with Gasteiger partial charge in [0, 0.05) is 41.8 Å². The van der Waals surface area contributed by atoms with Crippen molar-refractivity contribution in [2.75, 3.05) is 24.5 Å². The number of carbonyl (C=O) groups excluding carboxylic acids is 1. The van der Waals surface area contributed by atoms with E-state index in [4.69, 9.17) is 0 Å². The van der Waals surface area contributed by atoms with Gasteiger partial charge in [0.1, 0.15) is 0 Å². The number of piperidine rings is 1. The van der Waals surface area contributed by atoms with Gasteiger partial charge < -0.3 is 10.2 Å². The first-order valence-electron chi connectivity index (χ1n) is 8.49. The molecule has 1 N–H and O–H groups in total. The van der Waals surface area contributed by atoms with Gasteiger partial charge in [0.15, 0.2) is 0 Å². The number of carbonyl (C=O) groups is 1. The first-order chi connectivity index (χ1) is 11.6. The Morgan fingerprint density at radius 1 is 1.29 bits per heavy atom. The Kier molecular flexibility index (Phi) is 5.45. The molecule has 0 aromatic carbocycles. The molecule has 2 aromatic rings. The quantitative estimate of drug-likeness (QED) is 0.906. The van der Waals surface area contributed by atoms with Crippen LogP contribution in [0.2, 0.25) is 0 Å². The van der Waals surface area contributed by atoms with Crippen molar-refractivity contribution in [2.24, 2.45) is 5.92 Å². The molecule has 0 atom stereocenters. The lowest BCUT2D eigenvalue weighted by atomic mass is 9.96. The van der Waals surface area contributed by atoms with Crippen LogP contribution in [0.3, 0.4) is 0 Å². The number of aromatic nitrogens is 2. The molecule has 3 heterocycles. The maximum atomic E-state index is 12.3. The van der Waals surface area contributed by atoms with E-state index in [0.717, 1.165) is 56.2 Å². The predicted molar refractivity (Wildman–Crippen MR) is 97.5 cm³/mol. The average Bonchev–Trinajstić information content (AvgIpc) is 3.07. The molecule has 24 heavy (non-hydrogen) atoms. The minimum Gasteiger partial charge on any atom is -0.355 e. The molecule has 5 nitrogen and oxygen atoms in total. The molecular weight excluding hydrogens is 320 g/mol. The van der Waals surface area contributed by atoms with Crippen LogP contribution < -0.4 is 10.2 Å². The highest BCUT2D eigenvalue weighted by atomic mass is 32.1. The molecule has 0 saturated carbocycles. The summed E-state index contributed by atoms with van der Waals surface area (Å²) in [4.78, 5) is 24.9. The summed E-state index contributed by atoms with van der Waals surface area (Å²) in [6.07, 6.45) is 2.64. The van der Waals surface area contributed by atoms with Crippen molar-refractivity contribution >= 4 is 23.2 Å². The molecule has 128 valence electrons. The van der Waals surface area contributed by atoms with E-state index in [2.05, 4.69) is 31.6 Å². The van der Waals surface area contributed by atoms with Gasteiger partial charge in [-0.1, -0.05) is 6.07 Å². The van der Waals surface area contributed by atoms with Crippen LogP contribution in [0.25, 0.3) is 0 Å². The number of aryl methyl sites for hydroxylation is 2. The fraction of sp³-hybridized carbons (Fsp3) is 0.500. The Morgan fingerprint density at radius 3 is 2.62 bits per heavy atom. The summed E-state index contributed by atoms with van der Waals surface area (Å²) in [6, 6.07) is 6.14. The molecule has 1 aliphatic rings. The lowest BCUT2D eigenvalue weighted by molar-refractivity contribution is -0.125. The molecule has 1 amide bonds. The minimum absolute atomic E-state index is 0.107. The van der Waals surface area contributed by atoms with E-state index in [0.29, 0.717) is 0 Å². The first-order valence-corrected chi connectivity index (χ1v) is 9.37. The normalized spacial score (nSPS) is 15.5. The number of thiophene rings is 1. The smallest absolute Gasteiger partial charge is 0.225 e.